The lowest BCUT2D eigenvalue weighted by Gasteiger charge is -2.29. The van der Waals surface area contributed by atoms with Crippen molar-refractivity contribution in [3.8, 4) is 23.0 Å². The third-order valence-corrected chi connectivity index (χ3v) is 5.37. The summed E-state index contributed by atoms with van der Waals surface area (Å²) in [4.78, 5) is 15.2. The number of methoxy groups -OCH3 is 2. The number of carbonyl (C=O) groups is 1. The lowest BCUT2D eigenvalue weighted by molar-refractivity contribution is 0.0760. The van der Waals surface area contributed by atoms with Gasteiger partial charge >= 0.3 is 0 Å². The highest BCUT2D eigenvalue weighted by Gasteiger charge is 2.33. The van der Waals surface area contributed by atoms with Gasteiger partial charge in [0.1, 0.15) is 18.2 Å². The van der Waals surface area contributed by atoms with Crippen molar-refractivity contribution < 1.29 is 28.5 Å². The van der Waals surface area contributed by atoms with Gasteiger partial charge in [0.25, 0.3) is 0 Å². The van der Waals surface area contributed by atoms with Crippen molar-refractivity contribution in [1.29, 1.82) is 0 Å². The minimum Gasteiger partial charge on any atom is -0.493 e. The summed E-state index contributed by atoms with van der Waals surface area (Å²) in [5.41, 5.74) is 2.15. The van der Waals surface area contributed by atoms with Crippen molar-refractivity contribution in [3.63, 3.8) is 0 Å². The van der Waals surface area contributed by atoms with Gasteiger partial charge in [-0.1, -0.05) is 12.1 Å². The van der Waals surface area contributed by atoms with Gasteiger partial charge in [0.2, 0.25) is 5.78 Å². The molecule has 2 aromatic rings. The first-order valence-corrected chi connectivity index (χ1v) is 10.4. The maximum Gasteiger partial charge on any atom is 0.231 e. The van der Waals surface area contributed by atoms with Crippen LogP contribution in [0.25, 0.3) is 6.08 Å². The average molecular weight is 425 g/mol. The summed E-state index contributed by atoms with van der Waals surface area (Å²) < 4.78 is 28.2. The molecule has 2 aliphatic heterocycles. The zero-order chi connectivity index (χ0) is 21.8. The monoisotopic (exact) mass is 425 g/mol. The molecule has 0 amide bonds. The number of ketones is 1. The van der Waals surface area contributed by atoms with Gasteiger partial charge in [-0.05, 0) is 37.6 Å². The first-order valence-electron chi connectivity index (χ1n) is 10.4. The van der Waals surface area contributed by atoms with E-state index in [0.717, 1.165) is 37.5 Å². The number of hydrogen-bond acceptors (Lipinski definition) is 7. The van der Waals surface area contributed by atoms with Crippen LogP contribution in [0.5, 0.6) is 23.0 Å². The highest BCUT2D eigenvalue weighted by molar-refractivity contribution is 6.15. The molecule has 0 atom stereocenters. The van der Waals surface area contributed by atoms with E-state index in [1.165, 1.54) is 0 Å². The second-order valence-electron chi connectivity index (χ2n) is 7.32. The van der Waals surface area contributed by atoms with Crippen LogP contribution < -0.4 is 18.9 Å². The zero-order valence-electron chi connectivity index (χ0n) is 18.1. The molecule has 7 heteroatoms. The van der Waals surface area contributed by atoms with Crippen LogP contribution in [0.4, 0.5) is 0 Å². The van der Waals surface area contributed by atoms with Gasteiger partial charge in [-0.3, -0.25) is 9.69 Å². The predicted octanol–water partition coefficient (Wildman–Crippen LogP) is 3.90. The molecule has 0 aromatic heterocycles. The summed E-state index contributed by atoms with van der Waals surface area (Å²) in [5.74, 6) is 2.57. The maximum absolute atomic E-state index is 13.0. The Balaban J connectivity index is 1.59. The van der Waals surface area contributed by atoms with Crippen LogP contribution in [0.2, 0.25) is 0 Å². The number of allylic oxidation sites excluding steroid dienone is 1. The second kappa shape index (κ2) is 9.41. The Morgan fingerprint density at radius 3 is 2.81 bits per heavy atom. The van der Waals surface area contributed by atoms with Crippen LogP contribution >= 0.6 is 0 Å². The molecule has 31 heavy (non-hydrogen) atoms. The summed E-state index contributed by atoms with van der Waals surface area (Å²) in [6.07, 6.45) is 2.61. The maximum atomic E-state index is 13.0. The molecule has 2 aromatic carbocycles. The molecular formula is C24H27NO6. The van der Waals surface area contributed by atoms with Gasteiger partial charge in [-0.2, -0.15) is 0 Å². The van der Waals surface area contributed by atoms with E-state index in [9.17, 15) is 4.79 Å². The minimum atomic E-state index is -0.156. The Labute approximate surface area is 182 Å². The van der Waals surface area contributed by atoms with Crippen LogP contribution in [-0.4, -0.2) is 51.4 Å². The van der Waals surface area contributed by atoms with Crippen LogP contribution in [0.1, 0.15) is 34.8 Å². The van der Waals surface area contributed by atoms with Gasteiger partial charge in [0.05, 0.1) is 25.3 Å². The number of rotatable bonds is 8. The summed E-state index contributed by atoms with van der Waals surface area (Å²) in [5, 5.41) is 0. The number of hydrogen-bond donors (Lipinski definition) is 0. The summed E-state index contributed by atoms with van der Waals surface area (Å²) in [6.45, 7) is 5.45. The van der Waals surface area contributed by atoms with Crippen molar-refractivity contribution in [2.75, 3.05) is 40.7 Å². The summed E-state index contributed by atoms with van der Waals surface area (Å²) in [7, 11) is 3.15. The Kier molecular flexibility index (Phi) is 6.44. The van der Waals surface area contributed by atoms with Crippen molar-refractivity contribution in [2.45, 2.75) is 19.9 Å². The molecule has 0 saturated carbocycles. The molecule has 0 radical (unpaired) electrons. The molecule has 0 aliphatic carbocycles. The topological polar surface area (TPSA) is 66.5 Å². The van der Waals surface area contributed by atoms with Gasteiger partial charge in [-0.25, -0.2) is 0 Å². The largest absolute Gasteiger partial charge is 0.493 e. The van der Waals surface area contributed by atoms with E-state index in [2.05, 4.69) is 4.90 Å². The Bertz CT molecular complexity index is 1000. The molecule has 2 heterocycles. The van der Waals surface area contributed by atoms with Crippen LogP contribution in [0.3, 0.4) is 0 Å². The molecular weight excluding hydrogens is 398 g/mol. The second-order valence-corrected chi connectivity index (χ2v) is 7.32. The number of para-hydroxylation sites is 1. The molecule has 0 saturated heterocycles. The van der Waals surface area contributed by atoms with Crippen molar-refractivity contribution in [2.24, 2.45) is 0 Å². The summed E-state index contributed by atoms with van der Waals surface area (Å²) in [6, 6.07) is 9.12. The van der Waals surface area contributed by atoms with E-state index < -0.39 is 0 Å². The van der Waals surface area contributed by atoms with Crippen molar-refractivity contribution in [3.05, 3.63) is 52.8 Å². The number of ether oxygens (including phenoxy) is 5. The van der Waals surface area contributed by atoms with Gasteiger partial charge in [-0.15, -0.1) is 0 Å². The molecule has 0 fully saturated rings. The molecule has 2 aliphatic rings. The third kappa shape index (κ3) is 4.24. The number of fused-ring (bicyclic) bond motifs is 3. The van der Waals surface area contributed by atoms with E-state index in [-0.39, 0.29) is 11.5 Å². The van der Waals surface area contributed by atoms with Crippen LogP contribution in [0, 0.1) is 0 Å². The molecule has 4 rings (SSSR count). The van der Waals surface area contributed by atoms with E-state index in [1.54, 1.807) is 32.4 Å². The van der Waals surface area contributed by atoms with Gasteiger partial charge in [0.15, 0.2) is 17.3 Å². The molecule has 0 spiro atoms. The van der Waals surface area contributed by atoms with Crippen LogP contribution in [0.15, 0.2) is 36.1 Å². The van der Waals surface area contributed by atoms with Crippen molar-refractivity contribution in [1.82, 2.24) is 4.90 Å². The Morgan fingerprint density at radius 2 is 2.03 bits per heavy atom. The lowest BCUT2D eigenvalue weighted by Crippen LogP contribution is -2.33. The number of nitrogens with zero attached hydrogens (tertiary/aromatic N) is 1. The summed E-state index contributed by atoms with van der Waals surface area (Å²) >= 11 is 0. The van der Waals surface area contributed by atoms with Crippen molar-refractivity contribution >= 4 is 11.9 Å². The first kappa shape index (κ1) is 21.2. The smallest absolute Gasteiger partial charge is 0.231 e. The average Bonchev–Trinajstić information content (AvgIpc) is 3.12. The standard InChI is InChI=1S/C24H27NO6/c1-4-29-12-6-11-25-14-18-19(30-15-25)10-9-17-22(26)21(31-24(17)18)13-16-7-5-8-20(27-2)23(16)28-3/h5,7-10,13H,4,6,11-12,14-15H2,1-3H3. The van der Waals surface area contributed by atoms with Crippen LogP contribution in [-0.2, 0) is 11.3 Å². The quantitative estimate of drug-likeness (QED) is 0.469. The normalized spacial score (nSPS) is 16.5. The SMILES string of the molecule is CCOCCCN1COc2ccc3c(c2C1)OC(=Cc1cccc(OC)c1OC)C3=O. The lowest BCUT2D eigenvalue weighted by atomic mass is 10.0. The fourth-order valence-corrected chi connectivity index (χ4v) is 3.85. The highest BCUT2D eigenvalue weighted by Crippen LogP contribution is 2.42. The van der Waals surface area contributed by atoms with E-state index in [1.807, 2.05) is 25.1 Å². The predicted molar refractivity (Wildman–Crippen MR) is 116 cm³/mol. The Morgan fingerprint density at radius 1 is 1.16 bits per heavy atom. The van der Waals surface area contributed by atoms with E-state index in [0.29, 0.717) is 41.7 Å². The first-order chi connectivity index (χ1) is 15.2. The van der Waals surface area contributed by atoms with E-state index >= 15 is 0 Å². The number of benzene rings is 2. The third-order valence-electron chi connectivity index (χ3n) is 5.37. The molecule has 164 valence electrons. The molecule has 7 nitrogen and oxygen atoms in total. The number of Topliss-reactive ketones (excluding diaryl/α,β-unsaturated/α-hetero) is 1. The minimum absolute atomic E-state index is 0.156. The van der Waals surface area contributed by atoms with Gasteiger partial charge < -0.3 is 23.7 Å². The zero-order valence-corrected chi connectivity index (χ0v) is 18.1. The fourth-order valence-electron chi connectivity index (χ4n) is 3.85. The molecule has 0 bridgehead atoms. The highest BCUT2D eigenvalue weighted by atomic mass is 16.5. The van der Waals surface area contributed by atoms with E-state index in [4.69, 9.17) is 23.7 Å². The molecule has 0 unspecified atom stereocenters. The Hall–Kier alpha value is -3.03. The van der Waals surface area contributed by atoms with Gasteiger partial charge in [0, 0.05) is 31.9 Å². The fraction of sp³-hybridized carbons (Fsp3) is 0.375. The number of carbonyl (C=O) groups excluding carboxylic acids is 1. The molecule has 0 N–H and O–H groups in total.